The molecule has 0 spiro atoms. The number of aromatic nitrogens is 3. The number of methoxy groups -OCH3 is 1. The third kappa shape index (κ3) is 2.34. The van der Waals surface area contributed by atoms with Crippen LogP contribution >= 0.6 is 11.6 Å². The second-order valence-electron chi connectivity index (χ2n) is 4.24. The molecular formula is C14H9ClFN3O2. The molecule has 3 rings (SSSR count). The number of esters is 1. The molecule has 0 bridgehead atoms. The number of pyridine rings is 1. The molecular weight excluding hydrogens is 297 g/mol. The van der Waals surface area contributed by atoms with Gasteiger partial charge in [0.25, 0.3) is 0 Å². The molecule has 0 saturated carbocycles. The molecule has 0 unspecified atom stereocenters. The molecule has 0 N–H and O–H groups in total. The van der Waals surface area contributed by atoms with Gasteiger partial charge in [-0.2, -0.15) is 0 Å². The van der Waals surface area contributed by atoms with Crippen molar-refractivity contribution < 1.29 is 13.9 Å². The van der Waals surface area contributed by atoms with Crippen molar-refractivity contribution in [1.29, 1.82) is 0 Å². The van der Waals surface area contributed by atoms with E-state index in [1.807, 2.05) is 0 Å². The SMILES string of the molecule is COC(=O)c1ccc2nc(-c3c(F)cccc3Cl)nn2c1. The molecule has 0 atom stereocenters. The van der Waals surface area contributed by atoms with E-state index in [4.69, 9.17) is 11.6 Å². The lowest BCUT2D eigenvalue weighted by Crippen LogP contribution is -2.03. The summed E-state index contributed by atoms with van der Waals surface area (Å²) in [6.45, 7) is 0. The zero-order valence-electron chi connectivity index (χ0n) is 10.9. The molecule has 0 aliphatic carbocycles. The fraction of sp³-hybridized carbons (Fsp3) is 0.0714. The van der Waals surface area contributed by atoms with Gasteiger partial charge in [0.1, 0.15) is 5.82 Å². The largest absolute Gasteiger partial charge is 0.465 e. The summed E-state index contributed by atoms with van der Waals surface area (Å²) in [5, 5.41) is 4.38. The Morgan fingerprint density at radius 2 is 2.14 bits per heavy atom. The van der Waals surface area contributed by atoms with Gasteiger partial charge in [-0.3, -0.25) is 0 Å². The number of nitrogens with zero attached hydrogens (tertiary/aromatic N) is 3. The van der Waals surface area contributed by atoms with E-state index < -0.39 is 11.8 Å². The van der Waals surface area contributed by atoms with Crippen molar-refractivity contribution in [3.63, 3.8) is 0 Å². The topological polar surface area (TPSA) is 56.5 Å². The summed E-state index contributed by atoms with van der Waals surface area (Å²) >= 11 is 5.99. The first kappa shape index (κ1) is 13.5. The normalized spacial score (nSPS) is 10.8. The average molecular weight is 306 g/mol. The minimum atomic E-state index is -0.508. The number of carbonyl (C=O) groups excluding carboxylic acids is 1. The molecule has 0 fully saturated rings. The third-order valence-electron chi connectivity index (χ3n) is 2.94. The monoisotopic (exact) mass is 305 g/mol. The summed E-state index contributed by atoms with van der Waals surface area (Å²) < 4.78 is 19.9. The van der Waals surface area contributed by atoms with Gasteiger partial charge in [0, 0.05) is 6.20 Å². The van der Waals surface area contributed by atoms with Gasteiger partial charge in [-0.05, 0) is 24.3 Å². The summed E-state index contributed by atoms with van der Waals surface area (Å²) in [4.78, 5) is 15.7. The lowest BCUT2D eigenvalue weighted by molar-refractivity contribution is 0.0600. The molecule has 0 amide bonds. The first-order chi connectivity index (χ1) is 10.1. The lowest BCUT2D eigenvalue weighted by Gasteiger charge is -2.00. The zero-order valence-corrected chi connectivity index (χ0v) is 11.6. The number of fused-ring (bicyclic) bond motifs is 1. The van der Waals surface area contributed by atoms with Crippen molar-refractivity contribution in [3.8, 4) is 11.4 Å². The Kier molecular flexibility index (Phi) is 3.31. The van der Waals surface area contributed by atoms with Crippen molar-refractivity contribution >= 4 is 23.2 Å². The Morgan fingerprint density at radius 1 is 1.33 bits per heavy atom. The van der Waals surface area contributed by atoms with Gasteiger partial charge in [-0.25, -0.2) is 18.7 Å². The maximum atomic E-state index is 13.9. The van der Waals surface area contributed by atoms with E-state index in [0.717, 1.165) is 0 Å². The van der Waals surface area contributed by atoms with Gasteiger partial charge >= 0.3 is 5.97 Å². The number of hydrogen-bond donors (Lipinski definition) is 0. The quantitative estimate of drug-likeness (QED) is 0.683. The zero-order chi connectivity index (χ0) is 15.0. The molecule has 0 aliphatic heterocycles. The number of benzene rings is 1. The van der Waals surface area contributed by atoms with Gasteiger partial charge in [0.15, 0.2) is 11.5 Å². The smallest absolute Gasteiger partial charge is 0.339 e. The Bertz CT molecular complexity index is 827. The second-order valence-corrected chi connectivity index (χ2v) is 4.65. The van der Waals surface area contributed by atoms with Gasteiger partial charge in [0.2, 0.25) is 0 Å². The molecule has 1 aromatic carbocycles. The van der Waals surface area contributed by atoms with Crippen LogP contribution in [0.25, 0.3) is 17.0 Å². The summed E-state index contributed by atoms with van der Waals surface area (Å²) in [6, 6.07) is 7.50. The highest BCUT2D eigenvalue weighted by Gasteiger charge is 2.16. The van der Waals surface area contributed by atoms with Crippen molar-refractivity contribution in [2.45, 2.75) is 0 Å². The number of ether oxygens (including phenoxy) is 1. The summed E-state index contributed by atoms with van der Waals surface area (Å²) in [5.74, 6) is -0.843. The van der Waals surface area contributed by atoms with Crippen molar-refractivity contribution in [2.75, 3.05) is 7.11 Å². The Morgan fingerprint density at radius 3 is 2.86 bits per heavy atom. The van der Waals surface area contributed by atoms with Crippen molar-refractivity contribution in [1.82, 2.24) is 14.6 Å². The summed E-state index contributed by atoms with van der Waals surface area (Å²) in [6.07, 6.45) is 1.46. The van der Waals surface area contributed by atoms with Crippen molar-refractivity contribution in [2.24, 2.45) is 0 Å². The van der Waals surface area contributed by atoms with E-state index >= 15 is 0 Å². The standard InChI is InChI=1S/C14H9ClFN3O2/c1-21-14(20)8-5-6-11-17-13(18-19(11)7-8)12-9(15)3-2-4-10(12)16/h2-7H,1H3. The van der Waals surface area contributed by atoms with Crippen LogP contribution in [0.4, 0.5) is 4.39 Å². The van der Waals surface area contributed by atoms with Gasteiger partial charge in [-0.1, -0.05) is 17.7 Å². The van der Waals surface area contributed by atoms with Crippen LogP contribution in [0.15, 0.2) is 36.5 Å². The molecule has 0 radical (unpaired) electrons. The van der Waals surface area contributed by atoms with Crippen LogP contribution in [0, 0.1) is 5.82 Å². The highest BCUT2D eigenvalue weighted by molar-refractivity contribution is 6.33. The predicted molar refractivity (Wildman–Crippen MR) is 74.7 cm³/mol. The van der Waals surface area contributed by atoms with E-state index in [0.29, 0.717) is 11.2 Å². The first-order valence-electron chi connectivity index (χ1n) is 5.99. The van der Waals surface area contributed by atoms with E-state index in [2.05, 4.69) is 14.8 Å². The van der Waals surface area contributed by atoms with Crippen LogP contribution in [0.5, 0.6) is 0 Å². The maximum absolute atomic E-state index is 13.9. The lowest BCUT2D eigenvalue weighted by atomic mass is 10.2. The van der Waals surface area contributed by atoms with E-state index in [9.17, 15) is 9.18 Å². The van der Waals surface area contributed by atoms with E-state index in [-0.39, 0.29) is 16.4 Å². The molecule has 2 aromatic heterocycles. The second kappa shape index (κ2) is 5.14. The van der Waals surface area contributed by atoms with Crippen LogP contribution in [0.2, 0.25) is 5.02 Å². The molecule has 21 heavy (non-hydrogen) atoms. The third-order valence-corrected chi connectivity index (χ3v) is 3.25. The minimum absolute atomic E-state index is 0.127. The Hall–Kier alpha value is -2.47. The fourth-order valence-corrected chi connectivity index (χ4v) is 2.19. The van der Waals surface area contributed by atoms with Gasteiger partial charge < -0.3 is 4.74 Å². The van der Waals surface area contributed by atoms with Crippen LogP contribution in [-0.2, 0) is 4.74 Å². The van der Waals surface area contributed by atoms with Gasteiger partial charge in [-0.15, -0.1) is 5.10 Å². The van der Waals surface area contributed by atoms with E-state index in [1.165, 1.54) is 30.0 Å². The number of halogens is 2. The number of carbonyl (C=O) groups is 1. The minimum Gasteiger partial charge on any atom is -0.465 e. The molecule has 106 valence electrons. The highest BCUT2D eigenvalue weighted by atomic mass is 35.5. The molecule has 0 saturated heterocycles. The van der Waals surface area contributed by atoms with Crippen molar-refractivity contribution in [3.05, 3.63) is 52.9 Å². The summed E-state index contributed by atoms with van der Waals surface area (Å²) in [7, 11) is 1.29. The first-order valence-corrected chi connectivity index (χ1v) is 6.37. The molecule has 7 heteroatoms. The number of hydrogen-bond acceptors (Lipinski definition) is 4. The van der Waals surface area contributed by atoms with Crippen LogP contribution in [0.3, 0.4) is 0 Å². The molecule has 5 nitrogen and oxygen atoms in total. The predicted octanol–water partition coefficient (Wildman–Crippen LogP) is 2.98. The van der Waals surface area contributed by atoms with E-state index in [1.54, 1.807) is 18.2 Å². The molecule has 3 aromatic rings. The Balaban J connectivity index is 2.15. The highest BCUT2D eigenvalue weighted by Crippen LogP contribution is 2.28. The fourth-order valence-electron chi connectivity index (χ4n) is 1.94. The van der Waals surface area contributed by atoms with Gasteiger partial charge in [0.05, 0.1) is 23.3 Å². The van der Waals surface area contributed by atoms with Crippen LogP contribution in [0.1, 0.15) is 10.4 Å². The number of rotatable bonds is 2. The maximum Gasteiger partial charge on any atom is 0.339 e. The average Bonchev–Trinajstić information content (AvgIpc) is 2.88. The van der Waals surface area contributed by atoms with Crippen LogP contribution < -0.4 is 0 Å². The summed E-state index contributed by atoms with van der Waals surface area (Å²) in [5.41, 5.74) is 0.917. The Labute approximate surface area is 123 Å². The molecule has 0 aliphatic rings. The molecule has 2 heterocycles. The van der Waals surface area contributed by atoms with Crippen LogP contribution in [-0.4, -0.2) is 27.7 Å².